The summed E-state index contributed by atoms with van der Waals surface area (Å²) in [6.07, 6.45) is 2.06. The maximum atomic E-state index is 10.1. The second kappa shape index (κ2) is 8.39. The molecule has 3 rings (SSSR count). The second-order valence-electron chi connectivity index (χ2n) is 5.62. The van der Waals surface area contributed by atoms with E-state index in [1.165, 1.54) is 0 Å². The maximum Gasteiger partial charge on any atom is 0.156 e. The molecule has 128 valence electrons. The summed E-state index contributed by atoms with van der Waals surface area (Å²) >= 11 is 0. The molecular formula is C21H20O4. The lowest BCUT2D eigenvalue weighted by Gasteiger charge is -2.19. The number of benzene rings is 2. The summed E-state index contributed by atoms with van der Waals surface area (Å²) in [4.78, 5) is 0. The van der Waals surface area contributed by atoms with Gasteiger partial charge in [0.05, 0.1) is 13.7 Å². The minimum absolute atomic E-state index is 0.238. The summed E-state index contributed by atoms with van der Waals surface area (Å²) in [6.45, 7) is 0.238. The third-order valence-corrected chi connectivity index (χ3v) is 3.85. The van der Waals surface area contributed by atoms with Gasteiger partial charge in [0.25, 0.3) is 0 Å². The van der Waals surface area contributed by atoms with E-state index in [9.17, 15) is 5.11 Å². The molecule has 4 nitrogen and oxygen atoms in total. The third kappa shape index (κ3) is 4.63. The molecule has 1 saturated heterocycles. The zero-order chi connectivity index (χ0) is 17.5. The van der Waals surface area contributed by atoms with Gasteiger partial charge >= 0.3 is 0 Å². The van der Waals surface area contributed by atoms with Crippen LogP contribution in [0.2, 0.25) is 0 Å². The molecule has 3 unspecified atom stereocenters. The lowest BCUT2D eigenvalue weighted by atomic mass is 10.1. The number of hydrogen-bond acceptors (Lipinski definition) is 4. The Morgan fingerprint density at radius 1 is 1.08 bits per heavy atom. The standard InChI is InChI=1S/C21H20O4/c1-23-17-11-13-18(14-12-17)25-21-19(22)15-24-20(21)10-6-5-9-16-7-3-2-4-8-16/h2-4,6-8,10-14,19-22H,15H2,1H3/b10-6+. The Bertz CT molecular complexity index is 756. The van der Waals surface area contributed by atoms with E-state index in [1.807, 2.05) is 48.5 Å². The molecule has 1 aliphatic rings. The van der Waals surface area contributed by atoms with Crippen molar-refractivity contribution in [2.75, 3.05) is 13.7 Å². The molecule has 0 aliphatic carbocycles. The molecule has 0 spiro atoms. The summed E-state index contributed by atoms with van der Waals surface area (Å²) < 4.78 is 16.6. The first-order valence-electron chi connectivity index (χ1n) is 8.10. The van der Waals surface area contributed by atoms with Gasteiger partial charge in [-0.3, -0.25) is 0 Å². The minimum Gasteiger partial charge on any atom is -0.497 e. The summed E-state index contributed by atoms with van der Waals surface area (Å²) in [6, 6.07) is 17.0. The smallest absolute Gasteiger partial charge is 0.156 e. The Morgan fingerprint density at radius 3 is 2.52 bits per heavy atom. The van der Waals surface area contributed by atoms with E-state index in [2.05, 4.69) is 11.8 Å². The van der Waals surface area contributed by atoms with Crippen LogP contribution in [-0.2, 0) is 4.74 Å². The Labute approximate surface area is 147 Å². The Morgan fingerprint density at radius 2 is 1.80 bits per heavy atom. The van der Waals surface area contributed by atoms with Crippen molar-refractivity contribution in [3.05, 3.63) is 72.3 Å². The van der Waals surface area contributed by atoms with Gasteiger partial charge in [-0.1, -0.05) is 30.0 Å². The zero-order valence-corrected chi connectivity index (χ0v) is 14.0. The predicted octanol–water partition coefficient (Wildman–Crippen LogP) is 2.81. The third-order valence-electron chi connectivity index (χ3n) is 3.85. The summed E-state index contributed by atoms with van der Waals surface area (Å²) in [5, 5.41) is 10.1. The SMILES string of the molecule is COc1ccc(OC2C(O)COC2/C=C/C#Cc2ccccc2)cc1. The number of hydrogen-bond donors (Lipinski definition) is 1. The molecule has 1 fully saturated rings. The van der Waals surface area contributed by atoms with Gasteiger partial charge in [0.15, 0.2) is 6.10 Å². The first-order valence-corrected chi connectivity index (χ1v) is 8.10. The van der Waals surface area contributed by atoms with Crippen molar-refractivity contribution < 1.29 is 19.3 Å². The molecule has 1 N–H and O–H groups in total. The van der Waals surface area contributed by atoms with Crippen molar-refractivity contribution in [3.8, 4) is 23.3 Å². The summed E-state index contributed by atoms with van der Waals surface area (Å²) in [7, 11) is 1.61. The van der Waals surface area contributed by atoms with Crippen LogP contribution in [-0.4, -0.2) is 37.1 Å². The highest BCUT2D eigenvalue weighted by molar-refractivity contribution is 5.37. The number of ether oxygens (including phenoxy) is 3. The van der Waals surface area contributed by atoms with Crippen LogP contribution in [0.3, 0.4) is 0 Å². The van der Waals surface area contributed by atoms with Crippen LogP contribution in [0.15, 0.2) is 66.7 Å². The highest BCUT2D eigenvalue weighted by Crippen LogP contribution is 2.24. The van der Waals surface area contributed by atoms with Gasteiger partial charge in [0.2, 0.25) is 0 Å². The van der Waals surface area contributed by atoms with Crippen LogP contribution in [0, 0.1) is 11.8 Å². The Kier molecular flexibility index (Phi) is 5.73. The molecule has 0 bridgehead atoms. The molecule has 1 aliphatic heterocycles. The number of aliphatic hydroxyl groups is 1. The van der Waals surface area contributed by atoms with Crippen molar-refractivity contribution in [2.24, 2.45) is 0 Å². The van der Waals surface area contributed by atoms with Crippen LogP contribution in [0.5, 0.6) is 11.5 Å². The second-order valence-corrected chi connectivity index (χ2v) is 5.62. The monoisotopic (exact) mass is 336 g/mol. The molecule has 0 radical (unpaired) electrons. The fourth-order valence-electron chi connectivity index (χ4n) is 2.53. The van der Waals surface area contributed by atoms with E-state index in [-0.39, 0.29) is 12.7 Å². The average molecular weight is 336 g/mol. The predicted molar refractivity (Wildman–Crippen MR) is 95.6 cm³/mol. The zero-order valence-electron chi connectivity index (χ0n) is 14.0. The molecular weight excluding hydrogens is 316 g/mol. The molecule has 4 heteroatoms. The minimum atomic E-state index is -0.682. The van der Waals surface area contributed by atoms with E-state index in [0.29, 0.717) is 5.75 Å². The lowest BCUT2D eigenvalue weighted by Crippen LogP contribution is -2.34. The van der Waals surface area contributed by atoms with Crippen molar-refractivity contribution in [3.63, 3.8) is 0 Å². The van der Waals surface area contributed by atoms with Gasteiger partial charge in [-0.15, -0.1) is 0 Å². The van der Waals surface area contributed by atoms with Crippen LogP contribution in [0.4, 0.5) is 0 Å². The van der Waals surface area contributed by atoms with E-state index < -0.39 is 12.2 Å². The van der Waals surface area contributed by atoms with Crippen molar-refractivity contribution in [1.82, 2.24) is 0 Å². The lowest BCUT2D eigenvalue weighted by molar-refractivity contribution is 0.0610. The topological polar surface area (TPSA) is 47.9 Å². The van der Waals surface area contributed by atoms with Gasteiger partial charge in [-0.05, 0) is 48.6 Å². The van der Waals surface area contributed by atoms with Crippen LogP contribution < -0.4 is 9.47 Å². The number of rotatable bonds is 4. The maximum absolute atomic E-state index is 10.1. The Balaban J connectivity index is 1.64. The number of allylic oxidation sites excluding steroid dienone is 1. The molecule has 0 saturated carbocycles. The van der Waals surface area contributed by atoms with Crippen LogP contribution in [0.25, 0.3) is 0 Å². The first-order chi connectivity index (χ1) is 12.3. The summed E-state index contributed by atoms with van der Waals surface area (Å²) in [5.41, 5.74) is 0.950. The fourth-order valence-corrected chi connectivity index (χ4v) is 2.53. The molecule has 25 heavy (non-hydrogen) atoms. The fraction of sp³-hybridized carbons (Fsp3) is 0.238. The average Bonchev–Trinajstić information content (AvgIpc) is 3.00. The van der Waals surface area contributed by atoms with Crippen molar-refractivity contribution >= 4 is 0 Å². The molecule has 0 amide bonds. The molecule has 2 aromatic rings. The molecule has 3 atom stereocenters. The van der Waals surface area contributed by atoms with E-state index >= 15 is 0 Å². The van der Waals surface area contributed by atoms with E-state index in [1.54, 1.807) is 25.3 Å². The number of aliphatic hydroxyl groups excluding tert-OH is 1. The highest BCUT2D eigenvalue weighted by Gasteiger charge is 2.36. The first kappa shape index (κ1) is 17.1. The van der Waals surface area contributed by atoms with Gasteiger partial charge in [0, 0.05) is 5.56 Å². The molecule has 1 heterocycles. The van der Waals surface area contributed by atoms with Crippen molar-refractivity contribution in [2.45, 2.75) is 18.3 Å². The molecule has 0 aromatic heterocycles. The van der Waals surface area contributed by atoms with E-state index in [0.717, 1.165) is 11.3 Å². The van der Waals surface area contributed by atoms with Gasteiger partial charge < -0.3 is 19.3 Å². The van der Waals surface area contributed by atoms with Crippen molar-refractivity contribution in [1.29, 1.82) is 0 Å². The van der Waals surface area contributed by atoms with Gasteiger partial charge in [-0.25, -0.2) is 0 Å². The molecule has 2 aromatic carbocycles. The number of methoxy groups -OCH3 is 1. The summed E-state index contributed by atoms with van der Waals surface area (Å²) in [5.74, 6) is 7.44. The quantitative estimate of drug-likeness (QED) is 0.872. The van der Waals surface area contributed by atoms with Crippen LogP contribution >= 0.6 is 0 Å². The van der Waals surface area contributed by atoms with Gasteiger partial charge in [-0.2, -0.15) is 0 Å². The highest BCUT2D eigenvalue weighted by atomic mass is 16.6. The van der Waals surface area contributed by atoms with Gasteiger partial charge in [0.1, 0.15) is 23.7 Å². The largest absolute Gasteiger partial charge is 0.497 e. The van der Waals surface area contributed by atoms with Crippen LogP contribution in [0.1, 0.15) is 5.56 Å². The van der Waals surface area contributed by atoms with E-state index in [4.69, 9.17) is 14.2 Å². The Hall–Kier alpha value is -2.74. The normalized spacial score (nSPS) is 22.4.